The molecule has 0 aromatic carbocycles. The van der Waals surface area contributed by atoms with Crippen molar-refractivity contribution in [2.24, 2.45) is 0 Å². The van der Waals surface area contributed by atoms with Gasteiger partial charge in [-0.2, -0.15) is 17.5 Å². The first-order valence-corrected chi connectivity index (χ1v) is 7.16. The van der Waals surface area contributed by atoms with E-state index in [0.717, 1.165) is 6.92 Å². The van der Waals surface area contributed by atoms with Crippen molar-refractivity contribution in [3.63, 3.8) is 0 Å². The van der Waals surface area contributed by atoms with E-state index < -0.39 is 42.4 Å². The monoisotopic (exact) mass is 283 g/mol. The van der Waals surface area contributed by atoms with Crippen LogP contribution in [0.25, 0.3) is 0 Å². The van der Waals surface area contributed by atoms with Crippen LogP contribution in [0.15, 0.2) is 0 Å². The third-order valence-corrected chi connectivity index (χ3v) is 4.06. The molecule has 0 aliphatic heterocycles. The van der Waals surface area contributed by atoms with Crippen LogP contribution in [0.4, 0.5) is 13.2 Å². The van der Waals surface area contributed by atoms with Crippen LogP contribution in [0.5, 0.6) is 0 Å². The van der Waals surface area contributed by atoms with Gasteiger partial charge in [-0.05, 0) is 6.16 Å². The van der Waals surface area contributed by atoms with Crippen molar-refractivity contribution >= 4 is 17.6 Å². The molecule has 0 aromatic heterocycles. The molecule has 0 fully saturated rings. The lowest BCUT2D eigenvalue weighted by Crippen LogP contribution is -2.42. The Morgan fingerprint density at radius 1 is 1.31 bits per heavy atom. The van der Waals surface area contributed by atoms with Crippen LogP contribution in [-0.4, -0.2) is 37.5 Å². The summed E-state index contributed by atoms with van der Waals surface area (Å²) in [5, 5.41) is 0. The first-order valence-electron chi connectivity index (χ1n) is 3.99. The Morgan fingerprint density at radius 2 is 1.75 bits per heavy atom. The minimum absolute atomic E-state index is 0.102. The zero-order chi connectivity index (χ0) is 13.2. The fourth-order valence-corrected chi connectivity index (χ4v) is 2.41. The van der Waals surface area contributed by atoms with Crippen LogP contribution in [0.2, 0.25) is 0 Å². The first kappa shape index (κ1) is 15.9. The normalized spacial score (nSPS) is 14.4. The average Bonchev–Trinajstić information content (AvgIpc) is 2.00. The minimum Gasteiger partial charge on any atom is -0.811 e. The standard InChI is InChI=1S/C5H11F3NO5PS/c1-2-9(3-4-15(10,11)12)16(13,14)5(6,7)8/h2-4H2,1H3,(H2,10,11,12)/p-2. The number of hydrogen-bond acceptors (Lipinski definition) is 5. The highest BCUT2D eigenvalue weighted by Crippen LogP contribution is 2.28. The van der Waals surface area contributed by atoms with E-state index in [1.807, 2.05) is 0 Å². The predicted molar refractivity (Wildman–Crippen MR) is 44.7 cm³/mol. The molecule has 0 amide bonds. The zero-order valence-corrected chi connectivity index (χ0v) is 9.81. The maximum absolute atomic E-state index is 12.0. The fourth-order valence-electron chi connectivity index (χ4n) is 0.829. The van der Waals surface area contributed by atoms with Crippen molar-refractivity contribution in [3.05, 3.63) is 0 Å². The summed E-state index contributed by atoms with van der Waals surface area (Å²) in [5.74, 6) is 0. The van der Waals surface area contributed by atoms with Gasteiger partial charge in [-0.15, -0.1) is 0 Å². The molecule has 0 aliphatic rings. The lowest BCUT2D eigenvalue weighted by atomic mass is 10.7. The highest BCUT2D eigenvalue weighted by atomic mass is 32.2. The average molecular weight is 283 g/mol. The highest BCUT2D eigenvalue weighted by molar-refractivity contribution is 7.90. The molecular weight excluding hydrogens is 274 g/mol. The first-order chi connectivity index (χ1) is 6.92. The Balaban J connectivity index is 4.84. The smallest absolute Gasteiger partial charge is 0.511 e. The molecule has 0 aromatic rings. The number of nitrogens with zero attached hydrogens (tertiary/aromatic N) is 1. The quantitative estimate of drug-likeness (QED) is 0.607. The van der Waals surface area contributed by atoms with Gasteiger partial charge in [0.15, 0.2) is 0 Å². The van der Waals surface area contributed by atoms with Gasteiger partial charge in [0.25, 0.3) is 0 Å². The molecule has 0 atom stereocenters. The minimum atomic E-state index is -5.58. The lowest BCUT2D eigenvalue weighted by Gasteiger charge is -2.32. The number of halogens is 3. The van der Waals surface area contributed by atoms with Crippen molar-refractivity contribution in [1.82, 2.24) is 4.31 Å². The highest BCUT2D eigenvalue weighted by Gasteiger charge is 2.49. The Labute approximate surface area is 90.3 Å². The Kier molecular flexibility index (Phi) is 4.96. The van der Waals surface area contributed by atoms with Gasteiger partial charge in [-0.25, -0.2) is 8.42 Å². The Morgan fingerprint density at radius 3 is 2.00 bits per heavy atom. The molecule has 98 valence electrons. The summed E-state index contributed by atoms with van der Waals surface area (Å²) in [4.78, 5) is 20.4. The molecule has 0 N–H and O–H groups in total. The summed E-state index contributed by atoms with van der Waals surface area (Å²) < 4.78 is 67.8. The second-order valence-corrected chi connectivity index (χ2v) is 6.38. The summed E-state index contributed by atoms with van der Waals surface area (Å²) in [6.45, 7) is -0.464. The van der Waals surface area contributed by atoms with Gasteiger partial charge < -0.3 is 14.4 Å². The van der Waals surface area contributed by atoms with Gasteiger partial charge in [-0.3, -0.25) is 0 Å². The van der Waals surface area contributed by atoms with E-state index in [-0.39, 0.29) is 4.31 Å². The van der Waals surface area contributed by atoms with Gasteiger partial charge >= 0.3 is 15.5 Å². The molecule has 16 heavy (non-hydrogen) atoms. The molecule has 0 heterocycles. The summed E-state index contributed by atoms with van der Waals surface area (Å²) in [6.07, 6.45) is -1.17. The maximum Gasteiger partial charge on any atom is 0.511 e. The summed E-state index contributed by atoms with van der Waals surface area (Å²) in [6, 6.07) is 0. The van der Waals surface area contributed by atoms with Crippen molar-refractivity contribution < 1.29 is 35.9 Å². The second-order valence-electron chi connectivity index (χ2n) is 2.78. The summed E-state index contributed by atoms with van der Waals surface area (Å²) in [7, 11) is -10.6. The number of alkyl halides is 3. The maximum atomic E-state index is 12.0. The lowest BCUT2D eigenvalue weighted by molar-refractivity contribution is -0.313. The number of rotatable bonds is 5. The van der Waals surface area contributed by atoms with Gasteiger partial charge in [0, 0.05) is 13.1 Å². The molecule has 0 bridgehead atoms. The molecular formula is C5H9F3NO5PS-2. The molecule has 0 saturated heterocycles. The van der Waals surface area contributed by atoms with Crippen LogP contribution in [0.1, 0.15) is 6.92 Å². The molecule has 0 radical (unpaired) electrons. The van der Waals surface area contributed by atoms with Gasteiger partial charge in [0.1, 0.15) is 0 Å². The van der Waals surface area contributed by atoms with Gasteiger partial charge in [-0.1, -0.05) is 14.5 Å². The topological polar surface area (TPSA) is 101 Å². The fraction of sp³-hybridized carbons (Fsp3) is 1.00. The zero-order valence-electron chi connectivity index (χ0n) is 8.10. The summed E-state index contributed by atoms with van der Waals surface area (Å²) >= 11 is 0. The van der Waals surface area contributed by atoms with E-state index >= 15 is 0 Å². The molecule has 0 aliphatic carbocycles. The van der Waals surface area contributed by atoms with Crippen molar-refractivity contribution in [2.45, 2.75) is 12.4 Å². The number of sulfonamides is 1. The van der Waals surface area contributed by atoms with Crippen LogP contribution >= 0.6 is 7.60 Å². The third-order valence-electron chi connectivity index (χ3n) is 1.61. The SMILES string of the molecule is CCN(CCP(=O)([O-])[O-])S(=O)(=O)C(F)(F)F. The number of hydrogen-bond donors (Lipinski definition) is 0. The summed E-state index contributed by atoms with van der Waals surface area (Å²) in [5.41, 5.74) is -5.50. The van der Waals surface area contributed by atoms with Crippen LogP contribution in [0.3, 0.4) is 0 Å². The predicted octanol–water partition coefficient (Wildman–Crippen LogP) is -0.928. The van der Waals surface area contributed by atoms with E-state index in [1.165, 1.54) is 0 Å². The van der Waals surface area contributed by atoms with E-state index in [0.29, 0.717) is 0 Å². The third kappa shape index (κ3) is 4.38. The van der Waals surface area contributed by atoms with E-state index in [2.05, 4.69) is 0 Å². The van der Waals surface area contributed by atoms with Gasteiger partial charge in [0.05, 0.1) is 0 Å². The molecule has 11 heteroatoms. The van der Waals surface area contributed by atoms with Crippen molar-refractivity contribution in [2.75, 3.05) is 19.3 Å². The van der Waals surface area contributed by atoms with E-state index in [4.69, 9.17) is 0 Å². The second kappa shape index (κ2) is 5.01. The molecule has 0 saturated carbocycles. The largest absolute Gasteiger partial charge is 0.811 e. The van der Waals surface area contributed by atoms with E-state index in [9.17, 15) is 35.9 Å². The van der Waals surface area contributed by atoms with Crippen molar-refractivity contribution in [3.8, 4) is 0 Å². The van der Waals surface area contributed by atoms with E-state index in [1.54, 1.807) is 0 Å². The van der Waals surface area contributed by atoms with Crippen LogP contribution < -0.4 is 9.79 Å². The van der Waals surface area contributed by atoms with Crippen LogP contribution in [0, 0.1) is 0 Å². The van der Waals surface area contributed by atoms with Gasteiger partial charge in [0.2, 0.25) is 0 Å². The molecule has 0 rings (SSSR count). The van der Waals surface area contributed by atoms with Crippen molar-refractivity contribution in [1.29, 1.82) is 0 Å². The molecule has 0 spiro atoms. The Bertz CT molecular complexity index is 374. The molecule has 0 unspecified atom stereocenters. The van der Waals surface area contributed by atoms with Crippen LogP contribution in [-0.2, 0) is 14.6 Å². The molecule has 6 nitrogen and oxygen atoms in total. The Hall–Kier alpha value is -0.150.